The summed E-state index contributed by atoms with van der Waals surface area (Å²) in [5, 5.41) is 12.9. The number of hydrogen-bond donors (Lipinski definition) is 2. The molecule has 1 aromatic rings. The van der Waals surface area contributed by atoms with E-state index < -0.39 is 5.97 Å². The van der Waals surface area contributed by atoms with Gasteiger partial charge in [-0.2, -0.15) is 0 Å². The lowest BCUT2D eigenvalue weighted by Crippen LogP contribution is -2.49. The van der Waals surface area contributed by atoms with Gasteiger partial charge in [-0.25, -0.2) is 4.79 Å². The number of likely N-dealkylation sites (tertiary alicyclic amines) is 1. The number of carbonyl (C=O) groups is 2. The van der Waals surface area contributed by atoms with Gasteiger partial charge in [0.25, 0.3) is 0 Å². The third-order valence-corrected chi connectivity index (χ3v) is 5.64. The van der Waals surface area contributed by atoms with Gasteiger partial charge in [0.05, 0.1) is 12.0 Å². The molecule has 1 aromatic carbocycles. The van der Waals surface area contributed by atoms with Crippen LogP contribution in [-0.4, -0.2) is 34.6 Å². The van der Waals surface area contributed by atoms with Crippen molar-refractivity contribution in [1.29, 1.82) is 0 Å². The van der Waals surface area contributed by atoms with E-state index in [2.05, 4.69) is 5.32 Å². The minimum Gasteiger partial charge on any atom is -0.481 e. The Hall–Kier alpha value is -1.75. The second-order valence-corrected chi connectivity index (χ2v) is 7.53. The summed E-state index contributed by atoms with van der Waals surface area (Å²) in [6, 6.07) is 7.83. The Morgan fingerprint density at radius 3 is 2.56 bits per heavy atom. The number of carboxylic acids is 1. The summed E-state index contributed by atoms with van der Waals surface area (Å²) in [4.78, 5) is 25.8. The highest BCUT2D eigenvalue weighted by atomic mass is 35.5. The van der Waals surface area contributed by atoms with Crippen LogP contribution in [0.15, 0.2) is 24.3 Å². The number of urea groups is 1. The monoisotopic (exact) mass is 364 g/mol. The fraction of sp³-hybridized carbons (Fsp3) is 0.579. The predicted octanol–water partition coefficient (Wildman–Crippen LogP) is 4.22. The number of piperidine rings is 1. The van der Waals surface area contributed by atoms with Gasteiger partial charge in [-0.15, -0.1) is 0 Å². The number of amides is 2. The van der Waals surface area contributed by atoms with Crippen LogP contribution in [-0.2, 0) is 4.79 Å². The van der Waals surface area contributed by atoms with Crippen molar-refractivity contribution in [3.8, 4) is 0 Å². The molecule has 1 aliphatic carbocycles. The molecule has 1 unspecified atom stereocenters. The molecule has 0 radical (unpaired) electrons. The molecule has 1 aliphatic heterocycles. The first-order valence-corrected chi connectivity index (χ1v) is 9.48. The highest BCUT2D eigenvalue weighted by molar-refractivity contribution is 6.30. The van der Waals surface area contributed by atoms with Crippen molar-refractivity contribution >= 4 is 23.6 Å². The van der Waals surface area contributed by atoms with Crippen molar-refractivity contribution in [2.45, 2.75) is 57.0 Å². The number of benzene rings is 1. The lowest BCUT2D eigenvalue weighted by atomic mass is 9.86. The van der Waals surface area contributed by atoms with Gasteiger partial charge in [-0.1, -0.05) is 23.7 Å². The fourth-order valence-electron chi connectivity index (χ4n) is 3.98. The van der Waals surface area contributed by atoms with Gasteiger partial charge >= 0.3 is 12.0 Å². The Balaban J connectivity index is 1.62. The number of hydrogen-bond acceptors (Lipinski definition) is 2. The maximum Gasteiger partial charge on any atom is 0.318 e. The summed E-state index contributed by atoms with van der Waals surface area (Å²) in [6.07, 6.45) is 5.80. The first-order valence-electron chi connectivity index (χ1n) is 9.10. The molecule has 2 aliphatic rings. The Labute approximate surface area is 153 Å². The molecule has 0 bridgehead atoms. The van der Waals surface area contributed by atoms with E-state index in [1.54, 1.807) is 0 Å². The number of carboxylic acid groups (broad SMARTS) is 1. The first kappa shape index (κ1) is 18.1. The molecule has 136 valence electrons. The summed E-state index contributed by atoms with van der Waals surface area (Å²) in [7, 11) is 0. The largest absolute Gasteiger partial charge is 0.481 e. The Morgan fingerprint density at radius 2 is 1.88 bits per heavy atom. The van der Waals surface area contributed by atoms with Crippen LogP contribution >= 0.6 is 11.6 Å². The van der Waals surface area contributed by atoms with Gasteiger partial charge in [-0.3, -0.25) is 4.79 Å². The number of nitrogens with zero attached hydrogens (tertiary/aromatic N) is 1. The maximum absolute atomic E-state index is 12.8. The lowest BCUT2D eigenvalue weighted by Gasteiger charge is -2.38. The van der Waals surface area contributed by atoms with E-state index in [-0.39, 0.29) is 24.0 Å². The average Bonchev–Trinajstić information content (AvgIpc) is 2.62. The molecule has 6 heteroatoms. The molecule has 25 heavy (non-hydrogen) atoms. The summed E-state index contributed by atoms with van der Waals surface area (Å²) < 4.78 is 0. The number of rotatable bonds is 3. The van der Waals surface area contributed by atoms with Gasteiger partial charge in [0.2, 0.25) is 0 Å². The Kier molecular flexibility index (Phi) is 5.84. The fourth-order valence-corrected chi connectivity index (χ4v) is 4.18. The molecule has 2 N–H and O–H groups in total. The van der Waals surface area contributed by atoms with Gasteiger partial charge in [-0.05, 0) is 62.6 Å². The molecular weight excluding hydrogens is 340 g/mol. The Morgan fingerprint density at radius 1 is 1.12 bits per heavy atom. The van der Waals surface area contributed by atoms with E-state index in [0.29, 0.717) is 17.9 Å². The lowest BCUT2D eigenvalue weighted by molar-refractivity contribution is -0.142. The van der Waals surface area contributed by atoms with E-state index >= 15 is 0 Å². The third kappa shape index (κ3) is 4.46. The second kappa shape index (κ2) is 8.09. The van der Waals surface area contributed by atoms with Crippen LogP contribution in [0, 0.1) is 5.92 Å². The van der Waals surface area contributed by atoms with Crippen LogP contribution in [0.25, 0.3) is 0 Å². The molecule has 1 saturated carbocycles. The van der Waals surface area contributed by atoms with Crippen molar-refractivity contribution in [3.63, 3.8) is 0 Å². The van der Waals surface area contributed by atoms with Gasteiger partial charge in [0.1, 0.15) is 0 Å². The minimum absolute atomic E-state index is 0.0385. The molecule has 1 heterocycles. The standard InChI is InChI=1S/C19H25ClN2O3/c20-15-5-3-4-14(12-15)17-6-1-2-11-22(17)19(25)21-16-9-7-13(8-10-16)18(23)24/h3-5,12-13,16-17H,1-2,6-11H2,(H,21,25)(H,23,24). The number of carbonyl (C=O) groups excluding carboxylic acids is 1. The van der Waals surface area contributed by atoms with E-state index in [1.165, 1.54) is 0 Å². The molecule has 0 aromatic heterocycles. The first-order chi connectivity index (χ1) is 12.0. The normalized spacial score (nSPS) is 26.9. The third-order valence-electron chi connectivity index (χ3n) is 5.40. The van der Waals surface area contributed by atoms with Crippen LogP contribution in [0.3, 0.4) is 0 Å². The van der Waals surface area contributed by atoms with Crippen LogP contribution < -0.4 is 5.32 Å². The average molecular weight is 365 g/mol. The van der Waals surface area contributed by atoms with E-state index in [0.717, 1.165) is 44.2 Å². The maximum atomic E-state index is 12.8. The zero-order chi connectivity index (χ0) is 17.8. The van der Waals surface area contributed by atoms with Crippen molar-refractivity contribution < 1.29 is 14.7 Å². The minimum atomic E-state index is -0.721. The van der Waals surface area contributed by atoms with Gasteiger partial charge in [0.15, 0.2) is 0 Å². The SMILES string of the molecule is O=C(O)C1CCC(NC(=O)N2CCCCC2c2cccc(Cl)c2)CC1. The molecule has 5 nitrogen and oxygen atoms in total. The van der Waals surface area contributed by atoms with Crippen molar-refractivity contribution in [1.82, 2.24) is 10.2 Å². The van der Waals surface area contributed by atoms with Gasteiger partial charge in [0, 0.05) is 17.6 Å². The molecule has 2 fully saturated rings. The van der Waals surface area contributed by atoms with Crippen molar-refractivity contribution in [2.24, 2.45) is 5.92 Å². The van der Waals surface area contributed by atoms with Crippen LogP contribution in [0.5, 0.6) is 0 Å². The molecule has 1 atom stereocenters. The zero-order valence-corrected chi connectivity index (χ0v) is 15.0. The van der Waals surface area contributed by atoms with Crippen LogP contribution in [0.1, 0.15) is 56.6 Å². The highest BCUT2D eigenvalue weighted by Crippen LogP contribution is 2.32. The molecule has 3 rings (SSSR count). The molecule has 0 spiro atoms. The highest BCUT2D eigenvalue weighted by Gasteiger charge is 2.31. The number of aliphatic carboxylic acids is 1. The summed E-state index contributed by atoms with van der Waals surface area (Å²) in [5.41, 5.74) is 1.08. The van der Waals surface area contributed by atoms with Crippen molar-refractivity contribution in [2.75, 3.05) is 6.54 Å². The molecule has 2 amide bonds. The number of halogens is 1. The summed E-state index contributed by atoms with van der Waals surface area (Å²) in [5.74, 6) is -0.982. The molecular formula is C19H25ClN2O3. The summed E-state index contributed by atoms with van der Waals surface area (Å²) >= 11 is 6.12. The van der Waals surface area contributed by atoms with Crippen LogP contribution in [0.4, 0.5) is 4.79 Å². The second-order valence-electron chi connectivity index (χ2n) is 7.10. The number of nitrogens with one attached hydrogen (secondary N) is 1. The Bertz CT molecular complexity index is 629. The van der Waals surface area contributed by atoms with Crippen molar-refractivity contribution in [3.05, 3.63) is 34.9 Å². The topological polar surface area (TPSA) is 69.6 Å². The van der Waals surface area contributed by atoms with E-state index in [4.69, 9.17) is 16.7 Å². The zero-order valence-electron chi connectivity index (χ0n) is 14.3. The van der Waals surface area contributed by atoms with Gasteiger partial charge < -0.3 is 15.3 Å². The quantitative estimate of drug-likeness (QED) is 0.843. The van der Waals surface area contributed by atoms with E-state index in [1.807, 2.05) is 29.2 Å². The predicted molar refractivity (Wildman–Crippen MR) is 96.7 cm³/mol. The van der Waals surface area contributed by atoms with Crippen LogP contribution in [0.2, 0.25) is 5.02 Å². The smallest absolute Gasteiger partial charge is 0.318 e. The van der Waals surface area contributed by atoms with E-state index in [9.17, 15) is 9.59 Å². The summed E-state index contributed by atoms with van der Waals surface area (Å²) in [6.45, 7) is 0.744. The molecule has 1 saturated heterocycles.